The van der Waals surface area contributed by atoms with Crippen molar-refractivity contribution >= 4 is 17.4 Å². The van der Waals surface area contributed by atoms with Crippen LogP contribution in [-0.4, -0.2) is 64.6 Å². The molecule has 9 heteroatoms. The van der Waals surface area contributed by atoms with Crippen molar-refractivity contribution in [3.05, 3.63) is 30.0 Å². The fourth-order valence-electron chi connectivity index (χ4n) is 2.37. The first-order valence-corrected chi connectivity index (χ1v) is 8.32. The molecule has 0 aliphatic heterocycles. The molecule has 2 aromatic rings. The van der Waals surface area contributed by atoms with Gasteiger partial charge >= 0.3 is 0 Å². The van der Waals surface area contributed by atoms with E-state index in [1.165, 1.54) is 21.3 Å². The zero-order chi connectivity index (χ0) is 19.8. The smallest absolute Gasteiger partial charge is 0.251 e. The number of carbonyl (C=O) groups excluding carboxylic acids is 1. The molecule has 0 spiro atoms. The number of aromatic nitrogens is 2. The van der Waals surface area contributed by atoms with Crippen molar-refractivity contribution in [2.75, 3.05) is 58.7 Å². The minimum atomic E-state index is -0.246. The number of ether oxygens (including phenoxy) is 3. The first-order chi connectivity index (χ1) is 13.0. The third-order valence-electron chi connectivity index (χ3n) is 3.80. The van der Waals surface area contributed by atoms with Crippen LogP contribution in [-0.2, 0) is 0 Å². The first kappa shape index (κ1) is 20.1. The van der Waals surface area contributed by atoms with Gasteiger partial charge in [0.05, 0.1) is 33.2 Å². The number of hydrogen-bond donors (Lipinski definition) is 2. The molecule has 1 heterocycles. The van der Waals surface area contributed by atoms with E-state index in [0.717, 1.165) is 5.69 Å². The van der Waals surface area contributed by atoms with Crippen LogP contribution >= 0.6 is 0 Å². The molecule has 0 aliphatic carbocycles. The van der Waals surface area contributed by atoms with E-state index >= 15 is 0 Å². The fourth-order valence-corrected chi connectivity index (χ4v) is 2.37. The van der Waals surface area contributed by atoms with Crippen LogP contribution < -0.4 is 29.7 Å². The van der Waals surface area contributed by atoms with Gasteiger partial charge in [0.2, 0.25) is 5.75 Å². The van der Waals surface area contributed by atoms with Crippen LogP contribution in [0.5, 0.6) is 17.2 Å². The van der Waals surface area contributed by atoms with Gasteiger partial charge in [0.25, 0.3) is 5.91 Å². The van der Waals surface area contributed by atoms with Crippen molar-refractivity contribution in [3.8, 4) is 17.2 Å². The first-order valence-electron chi connectivity index (χ1n) is 8.32. The molecule has 146 valence electrons. The Kier molecular flexibility index (Phi) is 7.04. The Labute approximate surface area is 158 Å². The Morgan fingerprint density at radius 1 is 1.04 bits per heavy atom. The van der Waals surface area contributed by atoms with E-state index in [4.69, 9.17) is 14.2 Å². The number of nitrogens with one attached hydrogen (secondary N) is 2. The van der Waals surface area contributed by atoms with Crippen LogP contribution in [0.15, 0.2) is 24.4 Å². The van der Waals surface area contributed by atoms with Crippen molar-refractivity contribution in [2.45, 2.75) is 0 Å². The minimum Gasteiger partial charge on any atom is -0.493 e. The zero-order valence-corrected chi connectivity index (χ0v) is 16.2. The van der Waals surface area contributed by atoms with Gasteiger partial charge in [0, 0.05) is 38.8 Å². The number of rotatable bonds is 9. The fraction of sp³-hybridized carbons (Fsp3) is 0.389. The Morgan fingerprint density at radius 3 is 2.26 bits per heavy atom. The Bertz CT molecular complexity index is 757. The topological polar surface area (TPSA) is 97.8 Å². The highest BCUT2D eigenvalue weighted by atomic mass is 16.5. The molecule has 0 fully saturated rings. The second-order valence-corrected chi connectivity index (χ2v) is 5.79. The van der Waals surface area contributed by atoms with Gasteiger partial charge in [-0.05, 0) is 12.1 Å². The molecule has 0 radical (unpaired) electrons. The monoisotopic (exact) mass is 375 g/mol. The molecule has 27 heavy (non-hydrogen) atoms. The molecule has 0 saturated heterocycles. The van der Waals surface area contributed by atoms with Crippen LogP contribution in [0.2, 0.25) is 0 Å². The standard InChI is InChI=1S/C18H25N5O4/c1-23(2)13-10-16(22-21-11-13)19-6-7-20-18(24)12-8-14(25-3)17(27-5)15(9-12)26-4/h8-11H,6-7H2,1-5H3,(H,19,22)(H,20,24). The Balaban J connectivity index is 1.95. The molecular weight excluding hydrogens is 350 g/mol. The van der Waals surface area contributed by atoms with E-state index in [0.29, 0.717) is 41.7 Å². The van der Waals surface area contributed by atoms with Crippen molar-refractivity contribution < 1.29 is 19.0 Å². The Morgan fingerprint density at radius 2 is 1.70 bits per heavy atom. The van der Waals surface area contributed by atoms with E-state index in [-0.39, 0.29) is 5.91 Å². The summed E-state index contributed by atoms with van der Waals surface area (Å²) in [5, 5.41) is 13.9. The number of benzene rings is 1. The molecule has 0 bridgehead atoms. The maximum absolute atomic E-state index is 12.4. The highest BCUT2D eigenvalue weighted by molar-refractivity contribution is 5.95. The van der Waals surface area contributed by atoms with E-state index in [9.17, 15) is 4.79 Å². The van der Waals surface area contributed by atoms with Gasteiger partial charge in [-0.25, -0.2) is 0 Å². The summed E-state index contributed by atoms with van der Waals surface area (Å²) in [5.74, 6) is 1.69. The van der Waals surface area contributed by atoms with Gasteiger partial charge in [0.1, 0.15) is 0 Å². The lowest BCUT2D eigenvalue weighted by Crippen LogP contribution is -2.29. The second-order valence-electron chi connectivity index (χ2n) is 5.79. The lowest BCUT2D eigenvalue weighted by Gasteiger charge is -2.14. The van der Waals surface area contributed by atoms with Crippen molar-refractivity contribution in [1.82, 2.24) is 15.5 Å². The van der Waals surface area contributed by atoms with E-state index in [2.05, 4.69) is 20.8 Å². The third kappa shape index (κ3) is 5.13. The number of amides is 1. The number of methoxy groups -OCH3 is 3. The molecule has 0 aliphatic rings. The lowest BCUT2D eigenvalue weighted by atomic mass is 10.1. The predicted octanol–water partition coefficient (Wildman–Crippen LogP) is 1.41. The van der Waals surface area contributed by atoms with Gasteiger partial charge in [-0.2, -0.15) is 5.10 Å². The molecule has 0 saturated carbocycles. The largest absolute Gasteiger partial charge is 0.493 e. The van der Waals surface area contributed by atoms with Gasteiger partial charge in [-0.15, -0.1) is 5.10 Å². The predicted molar refractivity (Wildman–Crippen MR) is 103 cm³/mol. The number of hydrogen-bond acceptors (Lipinski definition) is 8. The molecule has 2 rings (SSSR count). The van der Waals surface area contributed by atoms with Crippen LogP contribution in [0.25, 0.3) is 0 Å². The molecular formula is C18H25N5O4. The summed E-state index contributed by atoms with van der Waals surface area (Å²) >= 11 is 0. The summed E-state index contributed by atoms with van der Waals surface area (Å²) in [7, 11) is 8.38. The molecule has 9 nitrogen and oxygen atoms in total. The number of nitrogens with zero attached hydrogens (tertiary/aromatic N) is 3. The molecule has 0 atom stereocenters. The summed E-state index contributed by atoms with van der Waals surface area (Å²) in [4.78, 5) is 14.3. The van der Waals surface area contributed by atoms with E-state index in [1.807, 2.05) is 25.1 Å². The third-order valence-corrected chi connectivity index (χ3v) is 3.80. The molecule has 2 N–H and O–H groups in total. The number of anilines is 2. The molecule has 1 aromatic carbocycles. The van der Waals surface area contributed by atoms with E-state index < -0.39 is 0 Å². The van der Waals surface area contributed by atoms with Gasteiger partial charge in [-0.3, -0.25) is 4.79 Å². The molecule has 1 aromatic heterocycles. The van der Waals surface area contributed by atoms with Crippen molar-refractivity contribution in [2.24, 2.45) is 0 Å². The minimum absolute atomic E-state index is 0.246. The maximum Gasteiger partial charge on any atom is 0.251 e. The highest BCUT2D eigenvalue weighted by Crippen LogP contribution is 2.38. The average Bonchev–Trinajstić information content (AvgIpc) is 2.69. The molecule has 1 amide bonds. The summed E-state index contributed by atoms with van der Waals surface area (Å²) in [6.07, 6.45) is 1.68. The van der Waals surface area contributed by atoms with E-state index in [1.54, 1.807) is 18.3 Å². The van der Waals surface area contributed by atoms with Crippen LogP contribution in [0, 0.1) is 0 Å². The normalized spacial score (nSPS) is 10.1. The number of carbonyl (C=O) groups is 1. The van der Waals surface area contributed by atoms with Crippen molar-refractivity contribution in [1.29, 1.82) is 0 Å². The second kappa shape index (κ2) is 9.46. The van der Waals surface area contributed by atoms with Gasteiger partial charge in [0.15, 0.2) is 17.3 Å². The summed E-state index contributed by atoms with van der Waals surface area (Å²) in [5.41, 5.74) is 1.35. The lowest BCUT2D eigenvalue weighted by molar-refractivity contribution is 0.0954. The average molecular weight is 375 g/mol. The molecule has 0 unspecified atom stereocenters. The van der Waals surface area contributed by atoms with Crippen molar-refractivity contribution in [3.63, 3.8) is 0 Å². The van der Waals surface area contributed by atoms with Crippen LogP contribution in [0.3, 0.4) is 0 Å². The quantitative estimate of drug-likeness (QED) is 0.635. The van der Waals surface area contributed by atoms with Gasteiger partial charge in [-0.1, -0.05) is 0 Å². The zero-order valence-electron chi connectivity index (χ0n) is 16.2. The van der Waals surface area contributed by atoms with Gasteiger partial charge < -0.3 is 29.7 Å². The Hall–Kier alpha value is -3.23. The van der Waals surface area contributed by atoms with Crippen LogP contribution in [0.4, 0.5) is 11.5 Å². The SMILES string of the molecule is COc1cc(C(=O)NCCNc2cc(N(C)C)cnn2)cc(OC)c1OC. The summed E-state index contributed by atoms with van der Waals surface area (Å²) < 4.78 is 15.8. The summed E-state index contributed by atoms with van der Waals surface area (Å²) in [6, 6.07) is 5.10. The summed E-state index contributed by atoms with van der Waals surface area (Å²) in [6.45, 7) is 0.908. The maximum atomic E-state index is 12.4. The highest BCUT2D eigenvalue weighted by Gasteiger charge is 2.16. The van der Waals surface area contributed by atoms with Crippen LogP contribution in [0.1, 0.15) is 10.4 Å².